The van der Waals surface area contributed by atoms with Crippen molar-refractivity contribution in [2.75, 3.05) is 26.5 Å². The van der Waals surface area contributed by atoms with Gasteiger partial charge in [0.1, 0.15) is 0 Å². The number of rotatable bonds is 26. The summed E-state index contributed by atoms with van der Waals surface area (Å²) in [6, 6.07) is 0. The third kappa shape index (κ3) is 39.5. The largest absolute Gasteiger partial charge is 0.309 e. The van der Waals surface area contributed by atoms with Gasteiger partial charge in [-0.2, -0.15) is 0 Å². The van der Waals surface area contributed by atoms with Gasteiger partial charge in [0.15, 0.2) is 0 Å². The first kappa shape index (κ1) is 36.4. The van der Waals surface area contributed by atoms with Crippen LogP contribution in [0.25, 0.3) is 0 Å². The fourth-order valence-corrected chi connectivity index (χ4v) is 4.70. The van der Waals surface area contributed by atoms with Gasteiger partial charge in [-0.15, -0.1) is 11.6 Å². The van der Waals surface area contributed by atoms with Gasteiger partial charge < -0.3 is 4.90 Å². The molecule has 0 aromatic rings. The molecule has 0 aliphatic rings. The zero-order valence-corrected chi connectivity index (χ0v) is 25.5. The van der Waals surface area contributed by atoms with Crippen LogP contribution in [-0.4, -0.2) is 31.4 Å². The Labute approximate surface area is 223 Å². The van der Waals surface area contributed by atoms with E-state index in [1.165, 1.54) is 161 Å². The molecule has 0 aromatic heterocycles. The Morgan fingerprint density at radius 1 is 0.471 bits per heavy atom. The molecule has 0 amide bonds. The van der Waals surface area contributed by atoms with Crippen molar-refractivity contribution in [3.63, 3.8) is 0 Å². The van der Waals surface area contributed by atoms with Crippen LogP contribution in [0.2, 0.25) is 0 Å². The molecular formula is C32H68ClN. The average Bonchev–Trinajstić information content (AvgIpc) is 2.80. The van der Waals surface area contributed by atoms with Crippen LogP contribution in [0.5, 0.6) is 0 Å². The summed E-state index contributed by atoms with van der Waals surface area (Å²) in [5.41, 5.74) is 0. The minimum Gasteiger partial charge on any atom is -0.309 e. The van der Waals surface area contributed by atoms with Crippen molar-refractivity contribution in [1.82, 2.24) is 4.90 Å². The Morgan fingerprint density at radius 3 is 1.12 bits per heavy atom. The summed E-state index contributed by atoms with van der Waals surface area (Å²) in [7, 11) is 4.32. The molecule has 0 fully saturated rings. The van der Waals surface area contributed by atoms with Gasteiger partial charge >= 0.3 is 0 Å². The van der Waals surface area contributed by atoms with Crippen LogP contribution in [0.3, 0.4) is 0 Å². The molecule has 0 aliphatic carbocycles. The Balaban J connectivity index is 0. The maximum atomic E-state index is 5.66. The van der Waals surface area contributed by atoms with Crippen molar-refractivity contribution in [2.24, 2.45) is 5.92 Å². The highest BCUT2D eigenvalue weighted by Gasteiger charge is 1.96. The predicted octanol–water partition coefficient (Wildman–Crippen LogP) is 11.8. The van der Waals surface area contributed by atoms with E-state index in [-0.39, 0.29) is 0 Å². The van der Waals surface area contributed by atoms with Gasteiger partial charge in [0, 0.05) is 5.88 Å². The van der Waals surface area contributed by atoms with E-state index in [9.17, 15) is 0 Å². The average molecular weight is 502 g/mol. The maximum Gasteiger partial charge on any atom is 0.0223 e. The monoisotopic (exact) mass is 502 g/mol. The third-order valence-electron chi connectivity index (χ3n) is 6.87. The van der Waals surface area contributed by atoms with Crippen LogP contribution in [-0.2, 0) is 0 Å². The lowest BCUT2D eigenvalue weighted by molar-refractivity contribution is 0.389. The zero-order chi connectivity index (χ0) is 25.5. The second-order valence-electron chi connectivity index (χ2n) is 11.5. The van der Waals surface area contributed by atoms with Gasteiger partial charge in [-0.3, -0.25) is 0 Å². The van der Waals surface area contributed by atoms with Crippen LogP contribution in [0.1, 0.15) is 175 Å². The van der Waals surface area contributed by atoms with E-state index in [0.29, 0.717) is 0 Å². The minimum atomic E-state index is 0.844. The molecule has 0 saturated carbocycles. The van der Waals surface area contributed by atoms with E-state index in [1.807, 2.05) is 0 Å². The molecule has 0 heterocycles. The van der Waals surface area contributed by atoms with E-state index < -0.39 is 0 Å². The molecule has 1 nitrogen and oxygen atoms in total. The maximum absolute atomic E-state index is 5.66. The summed E-state index contributed by atoms with van der Waals surface area (Å²) in [6.45, 7) is 8.20. The first-order chi connectivity index (χ1) is 16.5. The smallest absolute Gasteiger partial charge is 0.0223 e. The van der Waals surface area contributed by atoms with Gasteiger partial charge in [-0.05, 0) is 39.4 Å². The minimum absolute atomic E-state index is 0.844. The molecule has 2 heteroatoms. The molecule has 0 aromatic carbocycles. The second-order valence-corrected chi connectivity index (χ2v) is 11.8. The zero-order valence-electron chi connectivity index (χ0n) is 24.8. The van der Waals surface area contributed by atoms with Crippen molar-refractivity contribution >= 4 is 11.6 Å². The van der Waals surface area contributed by atoms with Crippen LogP contribution >= 0.6 is 11.6 Å². The summed E-state index contributed by atoms with van der Waals surface area (Å²) in [5, 5.41) is 0. The molecule has 0 spiro atoms. The van der Waals surface area contributed by atoms with E-state index in [2.05, 4.69) is 39.8 Å². The molecule has 0 saturated heterocycles. The molecule has 0 N–H and O–H groups in total. The van der Waals surface area contributed by atoms with Crippen molar-refractivity contribution in [3.05, 3.63) is 0 Å². The van der Waals surface area contributed by atoms with E-state index in [4.69, 9.17) is 11.6 Å². The summed E-state index contributed by atoms with van der Waals surface area (Å²) in [5.74, 6) is 1.74. The standard InChI is InChI=1S/C18H37Cl.C14H31N/c1-18(2)16-14-12-10-8-6-4-3-5-7-9-11-13-15-17-19;1-4-5-6-7-8-9-10-11-12-13-14-15(2)3/h18H,3-17H2,1-2H3;4-14H2,1-3H3. The molecule has 0 rings (SSSR count). The lowest BCUT2D eigenvalue weighted by atomic mass is 10.0. The normalized spacial score (nSPS) is 11.3. The summed E-state index contributed by atoms with van der Waals surface area (Å²) in [6.07, 6.45) is 34.2. The fourth-order valence-electron chi connectivity index (χ4n) is 4.51. The number of alkyl halides is 1. The Kier molecular flexibility index (Phi) is 35.6. The van der Waals surface area contributed by atoms with Crippen LogP contribution < -0.4 is 0 Å². The fraction of sp³-hybridized carbons (Fsp3) is 1.00. The third-order valence-corrected chi connectivity index (χ3v) is 7.14. The SMILES string of the molecule is CC(C)CCCCCCCCCCCCCCCCl.CCCCCCCCCCCCN(C)C. The second kappa shape index (κ2) is 33.2. The van der Waals surface area contributed by atoms with Gasteiger partial charge in [-0.1, -0.05) is 162 Å². The lowest BCUT2D eigenvalue weighted by Gasteiger charge is -2.08. The summed E-state index contributed by atoms with van der Waals surface area (Å²) in [4.78, 5) is 2.28. The number of nitrogens with zero attached hydrogens (tertiary/aromatic N) is 1. The molecule has 0 radical (unpaired) electrons. The van der Waals surface area contributed by atoms with Crippen LogP contribution in [0.4, 0.5) is 0 Å². The highest BCUT2D eigenvalue weighted by Crippen LogP contribution is 2.14. The van der Waals surface area contributed by atoms with Gasteiger partial charge in [0.25, 0.3) is 0 Å². The summed E-state index contributed by atoms with van der Waals surface area (Å²) < 4.78 is 0. The number of hydrogen-bond donors (Lipinski definition) is 0. The Hall–Kier alpha value is 0.250. The lowest BCUT2D eigenvalue weighted by Crippen LogP contribution is -2.12. The number of unbranched alkanes of at least 4 members (excludes halogenated alkanes) is 21. The first-order valence-corrected chi connectivity index (χ1v) is 16.3. The first-order valence-electron chi connectivity index (χ1n) is 15.7. The van der Waals surface area contributed by atoms with Crippen molar-refractivity contribution in [1.29, 1.82) is 0 Å². The van der Waals surface area contributed by atoms with E-state index in [1.54, 1.807) is 0 Å². The molecule has 208 valence electrons. The highest BCUT2D eigenvalue weighted by molar-refractivity contribution is 6.17. The molecule has 34 heavy (non-hydrogen) atoms. The Morgan fingerprint density at radius 2 is 0.794 bits per heavy atom. The van der Waals surface area contributed by atoms with Crippen LogP contribution in [0, 0.1) is 5.92 Å². The van der Waals surface area contributed by atoms with Crippen molar-refractivity contribution in [3.8, 4) is 0 Å². The molecule has 0 unspecified atom stereocenters. The predicted molar refractivity (Wildman–Crippen MR) is 161 cm³/mol. The molecule has 0 aliphatic heterocycles. The van der Waals surface area contributed by atoms with E-state index in [0.717, 1.165) is 11.8 Å². The molecule has 0 bridgehead atoms. The molecular weight excluding hydrogens is 434 g/mol. The van der Waals surface area contributed by atoms with Crippen LogP contribution in [0.15, 0.2) is 0 Å². The van der Waals surface area contributed by atoms with E-state index >= 15 is 0 Å². The topological polar surface area (TPSA) is 3.24 Å². The molecule has 0 atom stereocenters. The number of halogens is 1. The van der Waals surface area contributed by atoms with Gasteiger partial charge in [0.05, 0.1) is 0 Å². The number of hydrogen-bond acceptors (Lipinski definition) is 1. The highest BCUT2D eigenvalue weighted by atomic mass is 35.5. The van der Waals surface area contributed by atoms with Gasteiger partial charge in [0.2, 0.25) is 0 Å². The quantitative estimate of drug-likeness (QED) is 0.0840. The van der Waals surface area contributed by atoms with Crippen molar-refractivity contribution < 1.29 is 0 Å². The Bertz CT molecular complexity index is 329. The van der Waals surface area contributed by atoms with Gasteiger partial charge in [-0.25, -0.2) is 0 Å². The summed E-state index contributed by atoms with van der Waals surface area (Å²) >= 11 is 5.66. The van der Waals surface area contributed by atoms with Crippen molar-refractivity contribution in [2.45, 2.75) is 175 Å².